The van der Waals surface area contributed by atoms with Crippen molar-refractivity contribution in [2.45, 2.75) is 76.6 Å². The molecular weight excluding hydrogens is 544 g/mol. The standard InChI is InChI=1S/C23H31F3N6.HI/c1-2-27-21(28-15-20-31-30-19-10-4-3-5-13-32(19)20)29-16-22(11-7-12-22)17-8-6-9-18(14-17)23(24,25)26;/h6,8-9,14H,2-5,7,10-13,15-16H2,1H3,(H2,27,28,29);1H. The van der Waals surface area contributed by atoms with Crippen LogP contribution in [0.5, 0.6) is 0 Å². The van der Waals surface area contributed by atoms with E-state index in [1.54, 1.807) is 0 Å². The number of halogens is 4. The summed E-state index contributed by atoms with van der Waals surface area (Å²) in [4.78, 5) is 4.70. The normalized spacial score (nSPS) is 17.9. The molecule has 0 spiro atoms. The molecule has 1 fully saturated rings. The first kappa shape index (κ1) is 25.8. The van der Waals surface area contributed by atoms with E-state index in [0.717, 1.165) is 68.3 Å². The van der Waals surface area contributed by atoms with E-state index in [1.807, 2.05) is 13.0 Å². The van der Waals surface area contributed by atoms with Gasteiger partial charge in [0.2, 0.25) is 0 Å². The van der Waals surface area contributed by atoms with E-state index in [4.69, 9.17) is 4.99 Å². The Morgan fingerprint density at radius 1 is 1.12 bits per heavy atom. The third kappa shape index (κ3) is 5.99. The highest BCUT2D eigenvalue weighted by Gasteiger charge is 2.40. The average Bonchev–Trinajstić information content (AvgIpc) is 2.96. The SMILES string of the molecule is CCNC(=NCc1nnc2n1CCCCC2)NCC1(c2cccc(C(F)(F)F)c2)CCC1.I. The Balaban J connectivity index is 0.00000306. The molecule has 0 atom stereocenters. The number of aryl methyl sites for hydroxylation is 1. The smallest absolute Gasteiger partial charge is 0.357 e. The summed E-state index contributed by atoms with van der Waals surface area (Å²) in [5, 5.41) is 15.3. The van der Waals surface area contributed by atoms with Gasteiger partial charge in [-0.3, -0.25) is 0 Å². The Bertz CT molecular complexity index is 952. The van der Waals surface area contributed by atoms with E-state index in [0.29, 0.717) is 25.6 Å². The number of nitrogens with zero attached hydrogens (tertiary/aromatic N) is 4. The van der Waals surface area contributed by atoms with Gasteiger partial charge in [0.1, 0.15) is 12.4 Å². The van der Waals surface area contributed by atoms with E-state index in [-0.39, 0.29) is 29.4 Å². The van der Waals surface area contributed by atoms with Crippen LogP contribution in [0.15, 0.2) is 29.3 Å². The van der Waals surface area contributed by atoms with Crippen molar-refractivity contribution >= 4 is 29.9 Å². The van der Waals surface area contributed by atoms with Crippen LogP contribution >= 0.6 is 24.0 Å². The van der Waals surface area contributed by atoms with Crippen LogP contribution in [0.4, 0.5) is 13.2 Å². The summed E-state index contributed by atoms with van der Waals surface area (Å²) < 4.78 is 41.8. The third-order valence-corrected chi connectivity index (χ3v) is 6.62. The second kappa shape index (κ2) is 11.1. The first-order valence-corrected chi connectivity index (χ1v) is 11.5. The molecule has 0 unspecified atom stereocenters. The van der Waals surface area contributed by atoms with E-state index in [2.05, 4.69) is 25.4 Å². The average molecular weight is 576 g/mol. The quantitative estimate of drug-likeness (QED) is 0.294. The predicted octanol–water partition coefficient (Wildman–Crippen LogP) is 4.82. The molecule has 2 aliphatic rings. The fourth-order valence-electron chi connectivity index (χ4n) is 4.60. The molecule has 0 radical (unpaired) electrons. The van der Waals surface area contributed by atoms with Gasteiger partial charge < -0.3 is 15.2 Å². The molecule has 1 aliphatic carbocycles. The van der Waals surface area contributed by atoms with Crippen molar-refractivity contribution in [3.8, 4) is 0 Å². The van der Waals surface area contributed by atoms with E-state index >= 15 is 0 Å². The van der Waals surface area contributed by atoms with Gasteiger partial charge in [-0.25, -0.2) is 4.99 Å². The number of hydrogen-bond donors (Lipinski definition) is 2. The molecule has 2 heterocycles. The summed E-state index contributed by atoms with van der Waals surface area (Å²) in [6, 6.07) is 5.76. The molecule has 1 aromatic carbocycles. The first-order chi connectivity index (χ1) is 15.4. The van der Waals surface area contributed by atoms with Crippen LogP contribution in [0.3, 0.4) is 0 Å². The highest BCUT2D eigenvalue weighted by atomic mass is 127. The zero-order valence-electron chi connectivity index (χ0n) is 18.9. The van der Waals surface area contributed by atoms with Crippen molar-refractivity contribution in [2.24, 2.45) is 4.99 Å². The molecule has 2 N–H and O–H groups in total. The molecule has 0 saturated heterocycles. The van der Waals surface area contributed by atoms with Gasteiger partial charge in [0.25, 0.3) is 0 Å². The van der Waals surface area contributed by atoms with Crippen LogP contribution in [0.1, 0.15) is 68.2 Å². The van der Waals surface area contributed by atoms with Crippen LogP contribution in [0, 0.1) is 0 Å². The van der Waals surface area contributed by atoms with Gasteiger partial charge in [0, 0.05) is 31.5 Å². The van der Waals surface area contributed by atoms with E-state index < -0.39 is 11.7 Å². The van der Waals surface area contributed by atoms with Crippen LogP contribution < -0.4 is 10.6 Å². The Morgan fingerprint density at radius 2 is 1.94 bits per heavy atom. The number of alkyl halides is 3. The fourth-order valence-corrected chi connectivity index (χ4v) is 4.60. The van der Waals surface area contributed by atoms with Crippen molar-refractivity contribution in [2.75, 3.05) is 13.1 Å². The van der Waals surface area contributed by atoms with Crippen molar-refractivity contribution in [3.63, 3.8) is 0 Å². The Hall–Kier alpha value is -1.85. The molecule has 0 bridgehead atoms. The Kier molecular flexibility index (Phi) is 8.63. The van der Waals surface area contributed by atoms with Crippen molar-refractivity contribution in [1.29, 1.82) is 0 Å². The largest absolute Gasteiger partial charge is 0.416 e. The molecule has 4 rings (SSSR count). The zero-order chi connectivity index (χ0) is 22.6. The summed E-state index contributed by atoms with van der Waals surface area (Å²) in [6.45, 7) is 4.57. The van der Waals surface area contributed by atoms with Crippen LogP contribution in [-0.2, 0) is 31.1 Å². The van der Waals surface area contributed by atoms with Gasteiger partial charge in [-0.2, -0.15) is 13.2 Å². The number of nitrogens with one attached hydrogen (secondary N) is 2. The molecule has 33 heavy (non-hydrogen) atoms. The minimum Gasteiger partial charge on any atom is -0.357 e. The maximum Gasteiger partial charge on any atom is 0.416 e. The molecule has 1 aliphatic heterocycles. The summed E-state index contributed by atoms with van der Waals surface area (Å²) >= 11 is 0. The molecular formula is C23H32F3IN6. The molecule has 6 nitrogen and oxygen atoms in total. The zero-order valence-corrected chi connectivity index (χ0v) is 21.2. The second-order valence-corrected chi connectivity index (χ2v) is 8.76. The Labute approximate surface area is 209 Å². The Morgan fingerprint density at radius 3 is 2.64 bits per heavy atom. The number of fused-ring (bicyclic) bond motifs is 1. The summed E-state index contributed by atoms with van der Waals surface area (Å²) in [7, 11) is 0. The fraction of sp³-hybridized carbons (Fsp3) is 0.609. The van der Waals surface area contributed by atoms with E-state index in [9.17, 15) is 13.2 Å². The van der Waals surface area contributed by atoms with Crippen molar-refractivity contribution in [3.05, 3.63) is 47.0 Å². The molecule has 182 valence electrons. The number of aliphatic imine (C=N–C) groups is 1. The molecule has 1 saturated carbocycles. The lowest BCUT2D eigenvalue weighted by molar-refractivity contribution is -0.137. The minimum absolute atomic E-state index is 0. The number of hydrogen-bond acceptors (Lipinski definition) is 3. The second-order valence-electron chi connectivity index (χ2n) is 8.76. The lowest BCUT2D eigenvalue weighted by Gasteiger charge is -2.43. The molecule has 0 amide bonds. The minimum atomic E-state index is -4.33. The predicted molar refractivity (Wildman–Crippen MR) is 133 cm³/mol. The van der Waals surface area contributed by atoms with Gasteiger partial charge in [-0.05, 0) is 44.2 Å². The van der Waals surface area contributed by atoms with Gasteiger partial charge in [-0.1, -0.05) is 31.0 Å². The lowest BCUT2D eigenvalue weighted by Crippen LogP contribution is -2.49. The van der Waals surface area contributed by atoms with Crippen LogP contribution in [-0.4, -0.2) is 33.8 Å². The highest BCUT2D eigenvalue weighted by molar-refractivity contribution is 14.0. The van der Waals surface area contributed by atoms with Gasteiger partial charge in [0.05, 0.1) is 5.56 Å². The summed E-state index contributed by atoms with van der Waals surface area (Å²) in [5.41, 5.74) is -0.150. The van der Waals surface area contributed by atoms with Gasteiger partial charge >= 0.3 is 6.18 Å². The maximum absolute atomic E-state index is 13.2. The summed E-state index contributed by atoms with van der Waals surface area (Å²) in [5.74, 6) is 2.54. The van der Waals surface area contributed by atoms with E-state index in [1.165, 1.54) is 18.6 Å². The van der Waals surface area contributed by atoms with Gasteiger partial charge in [-0.15, -0.1) is 34.2 Å². The number of aromatic nitrogens is 3. The van der Waals surface area contributed by atoms with Gasteiger partial charge in [0.15, 0.2) is 11.8 Å². The molecule has 1 aromatic heterocycles. The molecule has 10 heteroatoms. The van der Waals surface area contributed by atoms with Crippen molar-refractivity contribution < 1.29 is 13.2 Å². The topological polar surface area (TPSA) is 67.1 Å². The number of rotatable bonds is 6. The maximum atomic E-state index is 13.2. The first-order valence-electron chi connectivity index (χ1n) is 11.5. The summed E-state index contributed by atoms with van der Waals surface area (Å²) in [6.07, 6.45) is 2.82. The number of guanidine groups is 1. The molecule has 2 aromatic rings. The van der Waals surface area contributed by atoms with Crippen LogP contribution in [0.2, 0.25) is 0 Å². The monoisotopic (exact) mass is 576 g/mol. The lowest BCUT2D eigenvalue weighted by atomic mass is 9.64. The number of benzene rings is 1. The highest BCUT2D eigenvalue weighted by Crippen LogP contribution is 2.44. The van der Waals surface area contributed by atoms with Crippen molar-refractivity contribution in [1.82, 2.24) is 25.4 Å². The third-order valence-electron chi connectivity index (χ3n) is 6.62. The van der Waals surface area contributed by atoms with Crippen LogP contribution in [0.25, 0.3) is 0 Å².